The van der Waals surface area contributed by atoms with Gasteiger partial charge >= 0.3 is 0 Å². The Morgan fingerprint density at radius 1 is 0.682 bits per heavy atom. The van der Waals surface area contributed by atoms with Crippen LogP contribution in [0.5, 0.6) is 0 Å². The maximum absolute atomic E-state index is 4.41. The molecule has 4 rings (SSSR count). The molecule has 0 unspecified atom stereocenters. The zero-order chi connectivity index (χ0) is 14.9. The standard InChI is InChI=1S/C19H15N3/c1-13-14-6-4-8-18(15(14)9-11-20-13)22-19-10-12-21-17-7-3-2-5-16(17)19/h2-12H,1H3,(H,21,22). The van der Waals surface area contributed by atoms with Gasteiger partial charge in [0.2, 0.25) is 0 Å². The average Bonchev–Trinajstić information content (AvgIpc) is 2.56. The van der Waals surface area contributed by atoms with Gasteiger partial charge in [0.05, 0.1) is 5.52 Å². The van der Waals surface area contributed by atoms with Crippen LogP contribution >= 0.6 is 0 Å². The van der Waals surface area contributed by atoms with Crippen LogP contribution in [0.15, 0.2) is 67.0 Å². The molecule has 0 amide bonds. The SMILES string of the molecule is Cc1nccc2c(Nc3ccnc4ccccc34)cccc12. The maximum Gasteiger partial charge on any atom is 0.0722 e. The second-order valence-electron chi connectivity index (χ2n) is 5.30. The largest absolute Gasteiger partial charge is 0.354 e. The van der Waals surface area contributed by atoms with Gasteiger partial charge in [-0.2, -0.15) is 0 Å². The van der Waals surface area contributed by atoms with Crippen LogP contribution in [0.25, 0.3) is 21.7 Å². The number of anilines is 2. The summed E-state index contributed by atoms with van der Waals surface area (Å²) in [5, 5.41) is 7.02. The fourth-order valence-electron chi connectivity index (χ4n) is 2.81. The first-order chi connectivity index (χ1) is 10.8. The van der Waals surface area contributed by atoms with Crippen molar-refractivity contribution in [2.45, 2.75) is 6.92 Å². The number of para-hydroxylation sites is 1. The Bertz CT molecular complexity index is 971. The Hall–Kier alpha value is -2.94. The lowest BCUT2D eigenvalue weighted by Crippen LogP contribution is -1.94. The van der Waals surface area contributed by atoms with Crippen molar-refractivity contribution in [3.05, 3.63) is 72.7 Å². The monoisotopic (exact) mass is 285 g/mol. The summed E-state index contributed by atoms with van der Waals surface area (Å²) in [6.45, 7) is 2.04. The zero-order valence-corrected chi connectivity index (χ0v) is 12.2. The van der Waals surface area contributed by atoms with Crippen molar-refractivity contribution < 1.29 is 0 Å². The second kappa shape index (κ2) is 5.11. The maximum atomic E-state index is 4.41. The molecule has 0 saturated carbocycles. The number of hydrogen-bond donors (Lipinski definition) is 1. The smallest absolute Gasteiger partial charge is 0.0722 e. The first-order valence-corrected chi connectivity index (χ1v) is 7.28. The molecule has 2 aromatic heterocycles. The molecule has 0 fully saturated rings. The first kappa shape index (κ1) is 12.8. The molecule has 2 heterocycles. The molecule has 0 aliphatic carbocycles. The molecule has 0 atom stereocenters. The van der Waals surface area contributed by atoms with E-state index in [1.807, 2.05) is 49.6 Å². The molecule has 0 saturated heterocycles. The summed E-state index contributed by atoms with van der Waals surface area (Å²) in [5.74, 6) is 0. The molecule has 0 spiro atoms. The van der Waals surface area contributed by atoms with Gasteiger partial charge in [-0.15, -0.1) is 0 Å². The van der Waals surface area contributed by atoms with E-state index in [1.54, 1.807) is 0 Å². The van der Waals surface area contributed by atoms with Crippen molar-refractivity contribution in [3.8, 4) is 0 Å². The number of pyridine rings is 2. The summed E-state index contributed by atoms with van der Waals surface area (Å²) >= 11 is 0. The Kier molecular flexibility index (Phi) is 2.97. The van der Waals surface area contributed by atoms with Gasteiger partial charge in [0.1, 0.15) is 0 Å². The molecule has 3 nitrogen and oxygen atoms in total. The minimum atomic E-state index is 0.991. The Morgan fingerprint density at radius 2 is 1.45 bits per heavy atom. The average molecular weight is 285 g/mol. The van der Waals surface area contributed by atoms with Gasteiger partial charge < -0.3 is 5.32 Å². The second-order valence-corrected chi connectivity index (χ2v) is 5.30. The van der Waals surface area contributed by atoms with E-state index < -0.39 is 0 Å². The van der Waals surface area contributed by atoms with Gasteiger partial charge in [-0.1, -0.05) is 30.3 Å². The number of aryl methyl sites for hydroxylation is 1. The van der Waals surface area contributed by atoms with Crippen molar-refractivity contribution >= 4 is 33.1 Å². The predicted octanol–water partition coefficient (Wildman–Crippen LogP) is 4.84. The number of nitrogens with zero attached hydrogens (tertiary/aromatic N) is 2. The van der Waals surface area contributed by atoms with Crippen LogP contribution in [0, 0.1) is 6.92 Å². The molecule has 2 aromatic carbocycles. The van der Waals surface area contributed by atoms with Crippen LogP contribution in [0.2, 0.25) is 0 Å². The van der Waals surface area contributed by atoms with E-state index in [1.165, 1.54) is 10.8 Å². The Balaban J connectivity index is 1.88. The molecule has 0 bridgehead atoms. The number of hydrogen-bond acceptors (Lipinski definition) is 3. The van der Waals surface area contributed by atoms with Crippen LogP contribution < -0.4 is 5.32 Å². The highest BCUT2D eigenvalue weighted by Crippen LogP contribution is 2.30. The lowest BCUT2D eigenvalue weighted by Gasteiger charge is -2.12. The van der Waals surface area contributed by atoms with E-state index in [-0.39, 0.29) is 0 Å². The van der Waals surface area contributed by atoms with Crippen molar-refractivity contribution in [2.75, 3.05) is 5.32 Å². The van der Waals surface area contributed by atoms with E-state index >= 15 is 0 Å². The van der Waals surface area contributed by atoms with Crippen molar-refractivity contribution in [1.29, 1.82) is 0 Å². The lowest BCUT2D eigenvalue weighted by atomic mass is 10.1. The fourth-order valence-corrected chi connectivity index (χ4v) is 2.81. The van der Waals surface area contributed by atoms with E-state index in [0.717, 1.165) is 28.0 Å². The Morgan fingerprint density at radius 3 is 2.41 bits per heavy atom. The molecule has 4 aromatic rings. The Labute approximate surface area is 128 Å². The van der Waals surface area contributed by atoms with Crippen LogP contribution in [0.4, 0.5) is 11.4 Å². The molecule has 3 heteroatoms. The summed E-state index contributed by atoms with van der Waals surface area (Å²) in [6.07, 6.45) is 3.69. The number of benzene rings is 2. The van der Waals surface area contributed by atoms with Gasteiger partial charge in [0.15, 0.2) is 0 Å². The van der Waals surface area contributed by atoms with Crippen LogP contribution in [-0.4, -0.2) is 9.97 Å². The number of fused-ring (bicyclic) bond motifs is 2. The fraction of sp³-hybridized carbons (Fsp3) is 0.0526. The summed E-state index contributed by atoms with van der Waals surface area (Å²) in [4.78, 5) is 8.78. The molecule has 0 aliphatic rings. The molecule has 22 heavy (non-hydrogen) atoms. The molecule has 0 radical (unpaired) electrons. The van der Waals surface area contributed by atoms with Crippen LogP contribution in [0.3, 0.4) is 0 Å². The number of nitrogens with one attached hydrogen (secondary N) is 1. The van der Waals surface area contributed by atoms with E-state index in [0.29, 0.717) is 0 Å². The highest BCUT2D eigenvalue weighted by molar-refractivity contribution is 6.00. The van der Waals surface area contributed by atoms with E-state index in [9.17, 15) is 0 Å². The third-order valence-corrected chi connectivity index (χ3v) is 3.92. The van der Waals surface area contributed by atoms with Gasteiger partial charge in [0, 0.05) is 45.6 Å². The normalized spacial score (nSPS) is 11.0. The van der Waals surface area contributed by atoms with Crippen molar-refractivity contribution in [3.63, 3.8) is 0 Å². The quantitative estimate of drug-likeness (QED) is 0.573. The highest BCUT2D eigenvalue weighted by Gasteiger charge is 2.06. The minimum absolute atomic E-state index is 0.991. The van der Waals surface area contributed by atoms with Crippen molar-refractivity contribution in [1.82, 2.24) is 9.97 Å². The van der Waals surface area contributed by atoms with Gasteiger partial charge in [-0.3, -0.25) is 9.97 Å². The summed E-state index contributed by atoms with van der Waals surface area (Å²) in [7, 11) is 0. The third-order valence-electron chi connectivity index (χ3n) is 3.92. The minimum Gasteiger partial charge on any atom is -0.354 e. The predicted molar refractivity (Wildman–Crippen MR) is 91.5 cm³/mol. The van der Waals surface area contributed by atoms with Gasteiger partial charge in [0.25, 0.3) is 0 Å². The summed E-state index contributed by atoms with van der Waals surface area (Å²) in [5.41, 5.74) is 4.18. The van der Waals surface area contributed by atoms with E-state index in [2.05, 4.69) is 39.6 Å². The highest BCUT2D eigenvalue weighted by atomic mass is 14.9. The molecule has 106 valence electrons. The van der Waals surface area contributed by atoms with Crippen LogP contribution in [-0.2, 0) is 0 Å². The third kappa shape index (κ3) is 2.07. The van der Waals surface area contributed by atoms with Crippen molar-refractivity contribution in [2.24, 2.45) is 0 Å². The lowest BCUT2D eigenvalue weighted by molar-refractivity contribution is 1.24. The van der Waals surface area contributed by atoms with E-state index in [4.69, 9.17) is 0 Å². The number of aromatic nitrogens is 2. The zero-order valence-electron chi connectivity index (χ0n) is 12.2. The number of rotatable bonds is 2. The van der Waals surface area contributed by atoms with Gasteiger partial charge in [-0.25, -0.2) is 0 Å². The molecular formula is C19H15N3. The first-order valence-electron chi connectivity index (χ1n) is 7.28. The molecular weight excluding hydrogens is 270 g/mol. The van der Waals surface area contributed by atoms with Crippen LogP contribution in [0.1, 0.15) is 5.69 Å². The molecule has 0 aliphatic heterocycles. The topological polar surface area (TPSA) is 37.8 Å². The molecule has 1 N–H and O–H groups in total. The summed E-state index contributed by atoms with van der Waals surface area (Å²) < 4.78 is 0. The summed E-state index contributed by atoms with van der Waals surface area (Å²) in [6, 6.07) is 18.5. The van der Waals surface area contributed by atoms with Gasteiger partial charge in [-0.05, 0) is 31.2 Å².